The number of thioether (sulfide) groups is 1. The van der Waals surface area contributed by atoms with Gasteiger partial charge in [0.05, 0.1) is 22.6 Å². The zero-order valence-corrected chi connectivity index (χ0v) is 20.1. The number of pyridine rings is 1. The van der Waals surface area contributed by atoms with Gasteiger partial charge >= 0.3 is 5.97 Å². The second kappa shape index (κ2) is 10.6. The molecule has 10 heteroatoms. The molecular weight excluding hydrogens is 500 g/mol. The summed E-state index contributed by atoms with van der Waals surface area (Å²) in [5, 5.41) is -0.523. The Hall–Kier alpha value is -2.85. The number of aromatic nitrogens is 1. The van der Waals surface area contributed by atoms with Gasteiger partial charge in [0.25, 0.3) is 11.1 Å². The van der Waals surface area contributed by atoms with Crippen LogP contribution in [0, 0.1) is 0 Å². The second-order valence-electron chi connectivity index (χ2n) is 6.98. The molecule has 8 nitrogen and oxygen atoms in total. The SMILES string of the molecule is COc1cc(/C=C2\SC(=O)N(CC(=O)OC(C)C)C2=O)cc(Br)c1OCc1ccncc1. The maximum atomic E-state index is 12.6. The van der Waals surface area contributed by atoms with Crippen LogP contribution in [0.25, 0.3) is 6.08 Å². The predicted octanol–water partition coefficient (Wildman–Crippen LogP) is 4.42. The Morgan fingerprint density at radius 3 is 2.62 bits per heavy atom. The van der Waals surface area contributed by atoms with Crippen LogP contribution >= 0.6 is 27.7 Å². The zero-order chi connectivity index (χ0) is 23.3. The molecule has 1 aliphatic heterocycles. The Balaban J connectivity index is 1.78. The Bertz CT molecular complexity index is 1060. The molecule has 0 radical (unpaired) electrons. The molecule has 32 heavy (non-hydrogen) atoms. The molecule has 1 aromatic heterocycles. The molecule has 1 saturated heterocycles. The highest BCUT2D eigenvalue weighted by Crippen LogP contribution is 2.39. The van der Waals surface area contributed by atoms with Crippen LogP contribution in [-0.4, -0.2) is 46.8 Å². The van der Waals surface area contributed by atoms with Crippen molar-refractivity contribution in [2.75, 3.05) is 13.7 Å². The van der Waals surface area contributed by atoms with Crippen LogP contribution in [0.3, 0.4) is 0 Å². The van der Waals surface area contributed by atoms with Crippen molar-refractivity contribution in [1.82, 2.24) is 9.88 Å². The monoisotopic (exact) mass is 520 g/mol. The van der Waals surface area contributed by atoms with Crippen LogP contribution in [0.4, 0.5) is 4.79 Å². The number of halogens is 1. The van der Waals surface area contributed by atoms with E-state index in [2.05, 4.69) is 20.9 Å². The predicted molar refractivity (Wildman–Crippen MR) is 123 cm³/mol. The molecule has 2 amide bonds. The van der Waals surface area contributed by atoms with Crippen LogP contribution in [0.1, 0.15) is 25.0 Å². The summed E-state index contributed by atoms with van der Waals surface area (Å²) in [5.41, 5.74) is 1.57. The van der Waals surface area contributed by atoms with Crippen molar-refractivity contribution in [1.29, 1.82) is 0 Å². The topological polar surface area (TPSA) is 95.0 Å². The molecule has 168 valence electrons. The van der Waals surface area contributed by atoms with E-state index < -0.39 is 23.7 Å². The van der Waals surface area contributed by atoms with Crippen LogP contribution in [0.15, 0.2) is 46.0 Å². The van der Waals surface area contributed by atoms with Crippen LogP contribution in [0.5, 0.6) is 11.5 Å². The summed E-state index contributed by atoms with van der Waals surface area (Å²) in [6.07, 6.45) is 4.60. The molecule has 0 saturated carbocycles. The lowest BCUT2D eigenvalue weighted by molar-refractivity contribution is -0.149. The molecule has 0 spiro atoms. The first kappa shape index (κ1) is 23.8. The first-order valence-electron chi connectivity index (χ1n) is 9.62. The van der Waals surface area contributed by atoms with Crippen LogP contribution in [-0.2, 0) is 20.9 Å². The Morgan fingerprint density at radius 2 is 1.97 bits per heavy atom. The standard InChI is InChI=1S/C22H21BrN2O6S/c1-13(2)31-19(26)11-25-21(27)18(32-22(25)28)10-15-8-16(23)20(17(9-15)29-3)30-12-14-4-6-24-7-5-14/h4-10,13H,11-12H2,1-3H3/b18-10-. The third-order valence-corrected chi connectivity index (χ3v) is 5.71. The third kappa shape index (κ3) is 5.89. The molecular formula is C22H21BrN2O6S. The molecule has 0 unspecified atom stereocenters. The number of esters is 1. The van der Waals surface area contributed by atoms with Gasteiger partial charge in [-0.1, -0.05) is 0 Å². The summed E-state index contributed by atoms with van der Waals surface area (Å²) in [5.74, 6) is -0.220. The van der Waals surface area contributed by atoms with Crippen LogP contribution < -0.4 is 9.47 Å². The first-order valence-corrected chi connectivity index (χ1v) is 11.2. The fourth-order valence-corrected chi connectivity index (χ4v) is 4.23. The van der Waals surface area contributed by atoms with Crippen molar-refractivity contribution in [3.63, 3.8) is 0 Å². The smallest absolute Gasteiger partial charge is 0.326 e. The molecule has 0 bridgehead atoms. The number of methoxy groups -OCH3 is 1. The molecule has 2 aromatic rings. The van der Waals surface area contributed by atoms with Crippen molar-refractivity contribution >= 4 is 50.9 Å². The number of rotatable bonds is 8. The van der Waals surface area contributed by atoms with Crippen molar-refractivity contribution in [2.24, 2.45) is 0 Å². The maximum absolute atomic E-state index is 12.6. The minimum Gasteiger partial charge on any atom is -0.493 e. The fourth-order valence-electron chi connectivity index (χ4n) is 2.81. The molecule has 0 N–H and O–H groups in total. The van der Waals surface area contributed by atoms with E-state index in [9.17, 15) is 14.4 Å². The third-order valence-electron chi connectivity index (χ3n) is 4.21. The zero-order valence-electron chi connectivity index (χ0n) is 17.7. The summed E-state index contributed by atoms with van der Waals surface area (Å²) in [6, 6.07) is 7.16. The summed E-state index contributed by atoms with van der Waals surface area (Å²) < 4.78 is 17.0. The highest BCUT2D eigenvalue weighted by atomic mass is 79.9. The van der Waals surface area contributed by atoms with Gasteiger partial charge in [0.15, 0.2) is 11.5 Å². The molecule has 0 aliphatic carbocycles. The lowest BCUT2D eigenvalue weighted by Gasteiger charge is -2.14. The quantitative estimate of drug-likeness (QED) is 0.372. The van der Waals surface area contributed by atoms with E-state index in [4.69, 9.17) is 14.2 Å². The summed E-state index contributed by atoms with van der Waals surface area (Å²) >= 11 is 4.25. The van der Waals surface area contributed by atoms with E-state index in [1.165, 1.54) is 7.11 Å². The number of carbonyl (C=O) groups excluding carboxylic acids is 3. The number of imide groups is 1. The Morgan fingerprint density at radius 1 is 1.25 bits per heavy atom. The fraction of sp³-hybridized carbons (Fsp3) is 0.273. The van der Waals surface area contributed by atoms with Gasteiger partial charge in [-0.15, -0.1) is 0 Å². The minimum absolute atomic E-state index is 0.201. The van der Waals surface area contributed by atoms with Crippen molar-refractivity contribution in [3.8, 4) is 11.5 Å². The summed E-state index contributed by atoms with van der Waals surface area (Å²) in [7, 11) is 1.51. The van der Waals surface area contributed by atoms with E-state index in [1.54, 1.807) is 44.4 Å². The second-order valence-corrected chi connectivity index (χ2v) is 8.83. The van der Waals surface area contributed by atoms with Crippen LogP contribution in [0.2, 0.25) is 0 Å². The number of carbonyl (C=O) groups is 3. The maximum Gasteiger partial charge on any atom is 0.326 e. The van der Waals surface area contributed by atoms with Gasteiger partial charge in [0, 0.05) is 12.4 Å². The van der Waals surface area contributed by atoms with Gasteiger partial charge in [-0.25, -0.2) is 0 Å². The minimum atomic E-state index is -0.635. The summed E-state index contributed by atoms with van der Waals surface area (Å²) in [6.45, 7) is 3.29. The van der Waals surface area contributed by atoms with Crippen molar-refractivity contribution in [3.05, 3.63) is 57.2 Å². The van der Waals surface area contributed by atoms with Gasteiger partial charge in [-0.05, 0) is 83.0 Å². The molecule has 1 aromatic carbocycles. The average molecular weight is 521 g/mol. The number of benzene rings is 1. The highest BCUT2D eigenvalue weighted by Gasteiger charge is 2.36. The van der Waals surface area contributed by atoms with E-state index in [0.717, 1.165) is 22.2 Å². The lowest BCUT2D eigenvalue weighted by Crippen LogP contribution is -2.35. The first-order chi connectivity index (χ1) is 15.3. The molecule has 0 atom stereocenters. The molecule has 1 aliphatic rings. The van der Waals surface area contributed by atoms with Gasteiger partial charge in [-0.2, -0.15) is 0 Å². The number of amides is 2. The van der Waals surface area contributed by atoms with Gasteiger partial charge in [-0.3, -0.25) is 24.3 Å². The summed E-state index contributed by atoms with van der Waals surface area (Å²) in [4.78, 5) is 41.8. The normalized spacial score (nSPS) is 14.9. The lowest BCUT2D eigenvalue weighted by atomic mass is 10.1. The number of hydrogen-bond donors (Lipinski definition) is 0. The largest absolute Gasteiger partial charge is 0.493 e. The van der Waals surface area contributed by atoms with Gasteiger partial charge in [0.2, 0.25) is 0 Å². The average Bonchev–Trinajstić information content (AvgIpc) is 3.00. The van der Waals surface area contributed by atoms with Gasteiger partial charge < -0.3 is 14.2 Å². The van der Waals surface area contributed by atoms with E-state index in [-0.39, 0.29) is 11.0 Å². The Labute approximate surface area is 198 Å². The molecule has 1 fully saturated rings. The highest BCUT2D eigenvalue weighted by molar-refractivity contribution is 9.10. The number of hydrogen-bond acceptors (Lipinski definition) is 8. The molecule has 3 rings (SSSR count). The Kier molecular flexibility index (Phi) is 7.92. The number of ether oxygens (including phenoxy) is 3. The van der Waals surface area contributed by atoms with Crippen molar-refractivity contribution < 1.29 is 28.6 Å². The van der Waals surface area contributed by atoms with Crippen molar-refractivity contribution in [2.45, 2.75) is 26.6 Å². The molecule has 2 heterocycles. The van der Waals surface area contributed by atoms with E-state index in [0.29, 0.717) is 28.1 Å². The number of nitrogens with zero attached hydrogens (tertiary/aromatic N) is 2. The van der Waals surface area contributed by atoms with E-state index in [1.807, 2.05) is 12.1 Å². The van der Waals surface area contributed by atoms with Gasteiger partial charge in [0.1, 0.15) is 13.2 Å². The van der Waals surface area contributed by atoms with E-state index >= 15 is 0 Å².